The van der Waals surface area contributed by atoms with E-state index in [1.54, 1.807) is 19.1 Å². The van der Waals surface area contributed by atoms with Crippen molar-refractivity contribution in [2.24, 2.45) is 0 Å². The fourth-order valence-electron chi connectivity index (χ4n) is 1.65. The normalized spacial score (nSPS) is 19.1. The molecule has 1 heterocycles. The number of esters is 1. The minimum absolute atomic E-state index is 0.209. The number of benzene rings is 1. The molecule has 1 saturated heterocycles. The van der Waals surface area contributed by atoms with E-state index in [0.717, 1.165) is 10.5 Å². The molecule has 1 aromatic rings. The fourth-order valence-corrected chi connectivity index (χ4v) is 2.69. The van der Waals surface area contributed by atoms with Crippen LogP contribution >= 0.6 is 11.8 Å². The summed E-state index contributed by atoms with van der Waals surface area (Å²) in [5.41, 5.74) is 0.997. The van der Waals surface area contributed by atoms with Gasteiger partial charge in [-0.05, 0) is 24.6 Å². The largest absolute Gasteiger partial charge is 0.478 e. The summed E-state index contributed by atoms with van der Waals surface area (Å²) in [6.07, 6.45) is 0.680. The van der Waals surface area contributed by atoms with E-state index in [0.29, 0.717) is 13.0 Å². The molecular formula is C12H12O4S. The van der Waals surface area contributed by atoms with Gasteiger partial charge in [0.1, 0.15) is 5.25 Å². The lowest BCUT2D eigenvalue weighted by atomic mass is 10.1. The van der Waals surface area contributed by atoms with E-state index in [2.05, 4.69) is 0 Å². The van der Waals surface area contributed by atoms with Gasteiger partial charge in [-0.1, -0.05) is 6.07 Å². The van der Waals surface area contributed by atoms with Gasteiger partial charge >= 0.3 is 11.9 Å². The first-order valence-corrected chi connectivity index (χ1v) is 6.13. The van der Waals surface area contributed by atoms with Gasteiger partial charge in [-0.15, -0.1) is 11.8 Å². The molecule has 0 amide bonds. The first-order chi connectivity index (χ1) is 8.08. The summed E-state index contributed by atoms with van der Waals surface area (Å²) in [5.74, 6) is -1.16. The number of thioether (sulfide) groups is 1. The number of aryl methyl sites for hydroxylation is 1. The molecule has 0 radical (unpaired) electrons. The van der Waals surface area contributed by atoms with E-state index in [9.17, 15) is 9.59 Å². The van der Waals surface area contributed by atoms with E-state index >= 15 is 0 Å². The summed E-state index contributed by atoms with van der Waals surface area (Å²) in [6.45, 7) is 2.20. The van der Waals surface area contributed by atoms with Gasteiger partial charge in [-0.3, -0.25) is 4.79 Å². The Balaban J connectivity index is 2.19. The van der Waals surface area contributed by atoms with E-state index in [1.165, 1.54) is 11.8 Å². The van der Waals surface area contributed by atoms with Gasteiger partial charge in [0.05, 0.1) is 12.2 Å². The third-order valence-corrected chi connectivity index (χ3v) is 3.84. The number of ether oxygens (including phenoxy) is 1. The molecule has 5 heteroatoms. The molecule has 1 N–H and O–H groups in total. The second-order valence-corrected chi connectivity index (χ2v) is 5.12. The summed E-state index contributed by atoms with van der Waals surface area (Å²) < 4.78 is 4.86. The predicted molar refractivity (Wildman–Crippen MR) is 63.4 cm³/mol. The zero-order valence-electron chi connectivity index (χ0n) is 9.30. The van der Waals surface area contributed by atoms with Crippen LogP contribution in [0.4, 0.5) is 0 Å². The zero-order chi connectivity index (χ0) is 12.4. The summed E-state index contributed by atoms with van der Waals surface area (Å²) in [4.78, 5) is 23.1. The molecular weight excluding hydrogens is 240 g/mol. The molecule has 0 bridgehead atoms. The molecule has 0 saturated carbocycles. The Labute approximate surface area is 103 Å². The van der Waals surface area contributed by atoms with E-state index in [1.807, 2.05) is 6.07 Å². The SMILES string of the molecule is Cc1ccc(SC2CCOC2=O)cc1C(=O)O. The highest BCUT2D eigenvalue weighted by Crippen LogP contribution is 2.30. The number of carboxylic acids is 1. The number of carbonyl (C=O) groups excluding carboxylic acids is 1. The van der Waals surface area contributed by atoms with Gasteiger partial charge < -0.3 is 9.84 Å². The van der Waals surface area contributed by atoms with Crippen molar-refractivity contribution < 1.29 is 19.4 Å². The van der Waals surface area contributed by atoms with Crippen LogP contribution in [0.15, 0.2) is 23.1 Å². The Morgan fingerprint density at radius 2 is 2.29 bits per heavy atom. The van der Waals surface area contributed by atoms with Crippen LogP contribution in [0.3, 0.4) is 0 Å². The molecule has 0 spiro atoms. The Hall–Kier alpha value is -1.49. The fraction of sp³-hybridized carbons (Fsp3) is 0.333. The summed E-state index contributed by atoms with van der Waals surface area (Å²) in [6, 6.07) is 5.19. The van der Waals surface area contributed by atoms with Crippen molar-refractivity contribution in [2.45, 2.75) is 23.5 Å². The van der Waals surface area contributed by atoms with Gasteiger partial charge in [0.2, 0.25) is 0 Å². The number of hydrogen-bond donors (Lipinski definition) is 1. The van der Waals surface area contributed by atoms with Crippen molar-refractivity contribution in [2.75, 3.05) is 6.61 Å². The lowest BCUT2D eigenvalue weighted by Gasteiger charge is -2.07. The second kappa shape index (κ2) is 4.79. The van der Waals surface area contributed by atoms with E-state index < -0.39 is 5.97 Å². The van der Waals surface area contributed by atoms with Gasteiger partial charge in [0.15, 0.2) is 0 Å². The van der Waals surface area contributed by atoms with E-state index in [-0.39, 0.29) is 16.8 Å². The average molecular weight is 252 g/mol. The van der Waals surface area contributed by atoms with Gasteiger partial charge in [-0.2, -0.15) is 0 Å². The van der Waals surface area contributed by atoms with Crippen LogP contribution in [0.5, 0.6) is 0 Å². The van der Waals surface area contributed by atoms with Gasteiger partial charge in [-0.25, -0.2) is 4.79 Å². The van der Waals surface area contributed by atoms with Crippen LogP contribution in [-0.4, -0.2) is 28.9 Å². The minimum atomic E-state index is -0.945. The van der Waals surface area contributed by atoms with Crippen molar-refractivity contribution in [1.82, 2.24) is 0 Å². The average Bonchev–Trinajstić information content (AvgIpc) is 2.67. The first-order valence-electron chi connectivity index (χ1n) is 5.25. The number of aromatic carboxylic acids is 1. The molecule has 1 aromatic carbocycles. The monoisotopic (exact) mass is 252 g/mol. The lowest BCUT2D eigenvalue weighted by Crippen LogP contribution is -2.09. The topological polar surface area (TPSA) is 63.6 Å². The summed E-state index contributed by atoms with van der Waals surface area (Å²) in [7, 11) is 0. The number of cyclic esters (lactones) is 1. The molecule has 90 valence electrons. The minimum Gasteiger partial charge on any atom is -0.478 e. The lowest BCUT2D eigenvalue weighted by molar-refractivity contribution is -0.137. The molecule has 1 atom stereocenters. The van der Waals surface area contributed by atoms with Crippen LogP contribution in [0, 0.1) is 6.92 Å². The van der Waals surface area contributed by atoms with Crippen LogP contribution in [-0.2, 0) is 9.53 Å². The van der Waals surface area contributed by atoms with Crippen LogP contribution in [0.25, 0.3) is 0 Å². The highest BCUT2D eigenvalue weighted by molar-refractivity contribution is 8.00. The smallest absolute Gasteiger partial charge is 0.335 e. The van der Waals surface area contributed by atoms with Crippen molar-refractivity contribution in [3.8, 4) is 0 Å². The number of carboxylic acid groups (broad SMARTS) is 1. The standard InChI is InChI=1S/C12H12O4S/c1-7-2-3-8(6-9(7)11(13)14)17-10-4-5-16-12(10)15/h2-3,6,10H,4-5H2,1H3,(H,13,14). The summed E-state index contributed by atoms with van der Waals surface area (Å²) >= 11 is 1.36. The number of carbonyl (C=O) groups is 2. The van der Waals surface area contributed by atoms with Crippen molar-refractivity contribution in [3.05, 3.63) is 29.3 Å². The van der Waals surface area contributed by atoms with Crippen LogP contribution in [0.1, 0.15) is 22.3 Å². The molecule has 0 aromatic heterocycles. The maximum Gasteiger partial charge on any atom is 0.335 e. The molecule has 1 aliphatic rings. The Morgan fingerprint density at radius 3 is 2.88 bits per heavy atom. The number of rotatable bonds is 3. The van der Waals surface area contributed by atoms with Crippen molar-refractivity contribution >= 4 is 23.7 Å². The first kappa shape index (κ1) is 12.0. The maximum absolute atomic E-state index is 11.3. The second-order valence-electron chi connectivity index (χ2n) is 3.84. The Morgan fingerprint density at radius 1 is 1.53 bits per heavy atom. The van der Waals surface area contributed by atoms with Crippen molar-refractivity contribution in [1.29, 1.82) is 0 Å². The van der Waals surface area contributed by atoms with E-state index in [4.69, 9.17) is 9.84 Å². The molecule has 1 unspecified atom stereocenters. The molecule has 0 aliphatic carbocycles. The molecule has 2 rings (SSSR count). The summed E-state index contributed by atoms with van der Waals surface area (Å²) in [5, 5.41) is 8.79. The highest BCUT2D eigenvalue weighted by atomic mass is 32.2. The Kier molecular flexibility index (Phi) is 3.38. The number of hydrogen-bond acceptors (Lipinski definition) is 4. The van der Waals surface area contributed by atoms with Crippen LogP contribution in [0.2, 0.25) is 0 Å². The third-order valence-electron chi connectivity index (χ3n) is 2.61. The van der Waals surface area contributed by atoms with Gasteiger partial charge in [0.25, 0.3) is 0 Å². The Bertz CT molecular complexity index is 470. The predicted octanol–water partition coefficient (Wildman–Crippen LogP) is 2.10. The maximum atomic E-state index is 11.3. The highest BCUT2D eigenvalue weighted by Gasteiger charge is 2.27. The molecule has 1 fully saturated rings. The molecule has 1 aliphatic heterocycles. The third kappa shape index (κ3) is 2.61. The van der Waals surface area contributed by atoms with Crippen LogP contribution < -0.4 is 0 Å². The zero-order valence-corrected chi connectivity index (χ0v) is 10.1. The quantitative estimate of drug-likeness (QED) is 0.835. The van der Waals surface area contributed by atoms with Gasteiger partial charge in [0, 0.05) is 11.3 Å². The van der Waals surface area contributed by atoms with Crippen molar-refractivity contribution in [3.63, 3.8) is 0 Å². The molecule has 17 heavy (non-hydrogen) atoms. The molecule has 4 nitrogen and oxygen atoms in total.